The minimum atomic E-state index is -0.654. The van der Waals surface area contributed by atoms with Crippen LogP contribution in [0.5, 0.6) is 0 Å². The molecule has 2 amide bonds. The van der Waals surface area contributed by atoms with Gasteiger partial charge in [0.25, 0.3) is 0 Å². The summed E-state index contributed by atoms with van der Waals surface area (Å²) in [5.41, 5.74) is 1.91. The Balaban J connectivity index is 1.47. The van der Waals surface area contributed by atoms with Gasteiger partial charge in [0.2, 0.25) is 11.8 Å². The van der Waals surface area contributed by atoms with Crippen LogP contribution in [0.15, 0.2) is 42.7 Å². The molecule has 0 aromatic carbocycles. The SMILES string of the molecule is COC[C@H]1C(=O)N(Cc2cc3cnccc3[nH]2)CCN1C(=O)/C=C/c1ccc(Cl)s1. The van der Waals surface area contributed by atoms with Gasteiger partial charge in [0, 0.05) is 60.1 Å². The normalized spacial score (nSPS) is 17.4. The second kappa shape index (κ2) is 8.99. The molecular weight excluding hydrogens is 424 g/mol. The molecule has 0 spiro atoms. The second-order valence-electron chi connectivity index (χ2n) is 7.00. The predicted octanol–water partition coefficient (Wildman–Crippen LogP) is 3.18. The van der Waals surface area contributed by atoms with Crippen molar-refractivity contribution in [1.82, 2.24) is 19.8 Å². The monoisotopic (exact) mass is 444 g/mol. The quantitative estimate of drug-likeness (QED) is 0.592. The number of fused-ring (bicyclic) bond motifs is 1. The van der Waals surface area contributed by atoms with E-state index in [0.29, 0.717) is 24.0 Å². The van der Waals surface area contributed by atoms with Gasteiger partial charge in [0.15, 0.2) is 0 Å². The number of hydrogen-bond acceptors (Lipinski definition) is 5. The molecule has 4 rings (SSSR count). The Labute approximate surface area is 182 Å². The summed E-state index contributed by atoms with van der Waals surface area (Å²) in [6.07, 6.45) is 6.72. The third-order valence-electron chi connectivity index (χ3n) is 5.01. The number of nitrogens with zero attached hydrogens (tertiary/aromatic N) is 3. The van der Waals surface area contributed by atoms with Crippen molar-refractivity contribution in [3.8, 4) is 0 Å². The molecule has 3 aromatic heterocycles. The number of carbonyl (C=O) groups excluding carboxylic acids is 2. The zero-order valence-electron chi connectivity index (χ0n) is 16.4. The molecule has 7 nitrogen and oxygen atoms in total. The highest BCUT2D eigenvalue weighted by atomic mass is 35.5. The molecule has 156 valence electrons. The summed E-state index contributed by atoms with van der Waals surface area (Å²) in [7, 11) is 1.53. The zero-order valence-corrected chi connectivity index (χ0v) is 17.9. The van der Waals surface area contributed by atoms with Crippen LogP contribution in [0.1, 0.15) is 10.6 Å². The van der Waals surface area contributed by atoms with Gasteiger partial charge in [0.1, 0.15) is 6.04 Å². The molecule has 1 atom stereocenters. The molecule has 0 unspecified atom stereocenters. The number of aromatic amines is 1. The summed E-state index contributed by atoms with van der Waals surface area (Å²) in [4.78, 5) is 37.5. The highest BCUT2D eigenvalue weighted by Crippen LogP contribution is 2.23. The summed E-state index contributed by atoms with van der Waals surface area (Å²) in [6.45, 7) is 1.49. The number of ether oxygens (including phenoxy) is 1. The fraction of sp³-hybridized carbons (Fsp3) is 0.286. The summed E-state index contributed by atoms with van der Waals surface area (Å²) >= 11 is 7.32. The lowest BCUT2D eigenvalue weighted by Gasteiger charge is -2.39. The van der Waals surface area contributed by atoms with Crippen LogP contribution < -0.4 is 0 Å². The molecular formula is C21H21ClN4O3S. The number of aromatic nitrogens is 2. The lowest BCUT2D eigenvalue weighted by Crippen LogP contribution is -2.59. The van der Waals surface area contributed by atoms with Gasteiger partial charge in [0.05, 0.1) is 17.5 Å². The van der Waals surface area contributed by atoms with Gasteiger partial charge in [-0.1, -0.05) is 11.6 Å². The average molecular weight is 445 g/mol. The topological polar surface area (TPSA) is 78.5 Å². The van der Waals surface area contributed by atoms with Crippen molar-refractivity contribution in [2.45, 2.75) is 12.6 Å². The van der Waals surface area contributed by atoms with Crippen molar-refractivity contribution in [2.75, 3.05) is 26.8 Å². The van der Waals surface area contributed by atoms with Crippen molar-refractivity contribution < 1.29 is 14.3 Å². The molecule has 0 saturated carbocycles. The van der Waals surface area contributed by atoms with Crippen molar-refractivity contribution in [2.24, 2.45) is 0 Å². The van der Waals surface area contributed by atoms with Gasteiger partial charge in [-0.15, -0.1) is 11.3 Å². The summed E-state index contributed by atoms with van der Waals surface area (Å²) in [5, 5.41) is 1.00. The lowest BCUT2D eigenvalue weighted by molar-refractivity contribution is -0.152. The van der Waals surface area contributed by atoms with E-state index in [2.05, 4.69) is 9.97 Å². The number of amides is 2. The van der Waals surface area contributed by atoms with Crippen LogP contribution in [0, 0.1) is 0 Å². The molecule has 0 aliphatic carbocycles. The first-order chi connectivity index (χ1) is 14.5. The Hall–Kier alpha value is -2.68. The van der Waals surface area contributed by atoms with Crippen LogP contribution in [0.25, 0.3) is 17.0 Å². The molecule has 3 aromatic rings. The van der Waals surface area contributed by atoms with Crippen LogP contribution in [0.2, 0.25) is 4.34 Å². The number of nitrogens with one attached hydrogen (secondary N) is 1. The molecule has 1 aliphatic heterocycles. The van der Waals surface area contributed by atoms with Crippen molar-refractivity contribution in [3.05, 3.63) is 57.6 Å². The van der Waals surface area contributed by atoms with Gasteiger partial charge in [-0.25, -0.2) is 0 Å². The minimum Gasteiger partial charge on any atom is -0.382 e. The maximum Gasteiger partial charge on any atom is 0.248 e. The van der Waals surface area contributed by atoms with E-state index in [4.69, 9.17) is 16.3 Å². The fourth-order valence-electron chi connectivity index (χ4n) is 3.57. The molecule has 30 heavy (non-hydrogen) atoms. The molecule has 1 saturated heterocycles. The van der Waals surface area contributed by atoms with Crippen molar-refractivity contribution >= 4 is 51.7 Å². The maximum atomic E-state index is 13.1. The minimum absolute atomic E-state index is 0.124. The second-order valence-corrected chi connectivity index (χ2v) is 8.74. The Morgan fingerprint density at radius 1 is 1.40 bits per heavy atom. The molecule has 4 heterocycles. The highest BCUT2D eigenvalue weighted by Gasteiger charge is 2.36. The summed E-state index contributed by atoms with van der Waals surface area (Å²) in [5.74, 6) is -0.341. The number of methoxy groups -OCH3 is 1. The standard InChI is InChI=1S/C21H21ClN4O3S/c1-29-13-18-21(28)25(12-15-10-14-11-23-7-6-17(14)24-15)8-9-26(18)20(27)5-3-16-2-4-19(22)30-16/h2-7,10-11,18,24H,8-9,12-13H2,1H3/b5-3+/t18-/m0/s1. The van der Waals surface area contributed by atoms with Crippen LogP contribution in [-0.4, -0.2) is 64.4 Å². The third-order valence-corrected chi connectivity index (χ3v) is 6.21. The van der Waals surface area contributed by atoms with Gasteiger partial charge < -0.3 is 19.5 Å². The molecule has 1 aliphatic rings. The smallest absolute Gasteiger partial charge is 0.248 e. The largest absolute Gasteiger partial charge is 0.382 e. The number of carbonyl (C=O) groups is 2. The number of pyridine rings is 1. The van der Waals surface area contributed by atoms with E-state index < -0.39 is 6.04 Å². The Bertz CT molecular complexity index is 1060. The number of hydrogen-bond donors (Lipinski definition) is 1. The molecule has 9 heteroatoms. The van der Waals surface area contributed by atoms with Crippen molar-refractivity contribution in [3.63, 3.8) is 0 Å². The van der Waals surface area contributed by atoms with E-state index in [9.17, 15) is 9.59 Å². The first-order valence-electron chi connectivity index (χ1n) is 9.48. The van der Waals surface area contributed by atoms with E-state index in [1.54, 1.807) is 34.3 Å². The van der Waals surface area contributed by atoms with Crippen LogP contribution in [0.3, 0.4) is 0 Å². The van der Waals surface area contributed by atoms with E-state index in [-0.39, 0.29) is 18.4 Å². The molecule has 1 fully saturated rings. The maximum absolute atomic E-state index is 13.1. The third kappa shape index (κ3) is 4.40. The predicted molar refractivity (Wildman–Crippen MR) is 117 cm³/mol. The van der Waals surface area contributed by atoms with Crippen LogP contribution in [0.4, 0.5) is 0 Å². The van der Waals surface area contributed by atoms with Gasteiger partial charge in [-0.3, -0.25) is 14.6 Å². The van der Waals surface area contributed by atoms with Crippen molar-refractivity contribution in [1.29, 1.82) is 0 Å². The summed E-state index contributed by atoms with van der Waals surface area (Å²) in [6, 6.07) is 6.87. The van der Waals surface area contributed by atoms with E-state index in [0.717, 1.165) is 21.5 Å². The van der Waals surface area contributed by atoms with Gasteiger partial charge in [-0.2, -0.15) is 0 Å². The number of H-pyrrole nitrogens is 1. The number of piperazine rings is 1. The molecule has 0 bridgehead atoms. The molecule has 0 radical (unpaired) electrons. The number of halogens is 1. The Morgan fingerprint density at radius 3 is 3.00 bits per heavy atom. The summed E-state index contributed by atoms with van der Waals surface area (Å²) < 4.78 is 5.91. The average Bonchev–Trinajstić information content (AvgIpc) is 3.34. The highest BCUT2D eigenvalue weighted by molar-refractivity contribution is 7.17. The van der Waals surface area contributed by atoms with Crippen LogP contribution in [-0.2, 0) is 20.9 Å². The first-order valence-corrected chi connectivity index (χ1v) is 10.7. The van der Waals surface area contributed by atoms with Gasteiger partial charge in [-0.05, 0) is 30.3 Å². The van der Waals surface area contributed by atoms with Gasteiger partial charge >= 0.3 is 0 Å². The number of rotatable bonds is 6. The zero-order chi connectivity index (χ0) is 21.1. The Morgan fingerprint density at radius 2 is 2.27 bits per heavy atom. The molecule has 1 N–H and O–H groups in total. The number of thiophene rings is 1. The lowest BCUT2D eigenvalue weighted by atomic mass is 10.1. The van der Waals surface area contributed by atoms with Crippen LogP contribution >= 0.6 is 22.9 Å². The van der Waals surface area contributed by atoms with E-state index in [1.165, 1.54) is 24.5 Å². The Kier molecular flexibility index (Phi) is 6.17. The van der Waals surface area contributed by atoms with E-state index >= 15 is 0 Å². The van der Waals surface area contributed by atoms with E-state index in [1.807, 2.05) is 18.2 Å². The fourth-order valence-corrected chi connectivity index (χ4v) is 4.53. The first kappa shape index (κ1) is 20.6.